The zero-order chi connectivity index (χ0) is 21.1. The van der Waals surface area contributed by atoms with E-state index >= 15 is 0 Å². The molecule has 2 amide bonds. The first-order valence-electron chi connectivity index (χ1n) is 9.36. The summed E-state index contributed by atoms with van der Waals surface area (Å²) in [5, 5.41) is 2.71. The van der Waals surface area contributed by atoms with Crippen LogP contribution in [0.1, 0.15) is 22.3 Å². The number of amides is 2. The third kappa shape index (κ3) is 7.95. The van der Waals surface area contributed by atoms with Crippen molar-refractivity contribution in [3.05, 3.63) is 71.8 Å². The highest BCUT2D eigenvalue weighted by Crippen LogP contribution is 2.20. The van der Waals surface area contributed by atoms with E-state index in [1.54, 1.807) is 23.9 Å². The average molecular weight is 431 g/mol. The van der Waals surface area contributed by atoms with Gasteiger partial charge in [-0.1, -0.05) is 72.4 Å². The van der Waals surface area contributed by atoms with Crippen molar-refractivity contribution in [1.82, 2.24) is 5.32 Å². The number of nitrogens with one attached hydrogen (secondary N) is 1. The van der Waals surface area contributed by atoms with Gasteiger partial charge in [-0.05, 0) is 30.4 Å². The Morgan fingerprint density at radius 1 is 1.00 bits per heavy atom. The Hall–Kier alpha value is -2.25. The van der Waals surface area contributed by atoms with Gasteiger partial charge >= 0.3 is 0 Å². The molecule has 0 aliphatic heterocycles. The standard InChI is InChI=1S/C22H26N2O3S2/c1-28-13-12-19(20(23)25)24-21(26)18(14-16-8-4-2-5-9-16)15-29-22(27)17-10-6-3-7-11-17/h2-11,18-19H,12-15H2,1H3,(H2,23,25)(H,24,26)/t18-,19+/m0/s1. The minimum atomic E-state index is -0.706. The van der Waals surface area contributed by atoms with Crippen molar-refractivity contribution >= 4 is 40.5 Å². The first-order chi connectivity index (χ1) is 14.0. The Bertz CT molecular complexity index is 800. The van der Waals surface area contributed by atoms with E-state index in [0.29, 0.717) is 24.2 Å². The second kappa shape index (κ2) is 12.3. The number of hydrogen-bond acceptors (Lipinski definition) is 5. The largest absolute Gasteiger partial charge is 0.368 e. The normalized spacial score (nSPS) is 12.7. The number of hydrogen-bond donors (Lipinski definition) is 2. The predicted octanol–water partition coefficient (Wildman–Crippen LogP) is 3.14. The fourth-order valence-electron chi connectivity index (χ4n) is 2.77. The van der Waals surface area contributed by atoms with Gasteiger partial charge < -0.3 is 11.1 Å². The second-order valence-electron chi connectivity index (χ2n) is 6.60. The zero-order valence-electron chi connectivity index (χ0n) is 16.4. The maximum absolute atomic E-state index is 12.9. The van der Waals surface area contributed by atoms with Crippen LogP contribution in [0.25, 0.3) is 0 Å². The Labute approximate surface area is 180 Å². The van der Waals surface area contributed by atoms with Crippen LogP contribution in [0.3, 0.4) is 0 Å². The van der Waals surface area contributed by atoms with E-state index in [1.807, 2.05) is 54.8 Å². The lowest BCUT2D eigenvalue weighted by atomic mass is 9.99. The molecular formula is C22H26N2O3S2. The SMILES string of the molecule is CSCC[C@@H](NC(=O)[C@H](CSC(=O)c1ccccc1)Cc1ccccc1)C(N)=O. The molecule has 0 spiro atoms. The summed E-state index contributed by atoms with van der Waals surface area (Å²) in [7, 11) is 0. The van der Waals surface area contributed by atoms with Crippen LogP contribution in [-0.2, 0) is 16.0 Å². The molecule has 2 rings (SSSR count). The van der Waals surface area contributed by atoms with Gasteiger partial charge in [0.2, 0.25) is 16.9 Å². The predicted molar refractivity (Wildman–Crippen MR) is 121 cm³/mol. The molecule has 0 radical (unpaired) electrons. The number of primary amides is 1. The smallest absolute Gasteiger partial charge is 0.240 e. The maximum atomic E-state index is 12.9. The number of benzene rings is 2. The first-order valence-corrected chi connectivity index (χ1v) is 11.7. The van der Waals surface area contributed by atoms with Gasteiger partial charge in [-0.25, -0.2) is 0 Å². The van der Waals surface area contributed by atoms with Crippen LogP contribution in [0.2, 0.25) is 0 Å². The van der Waals surface area contributed by atoms with Crippen LogP contribution in [0.15, 0.2) is 60.7 Å². The first kappa shape index (κ1) is 23.0. The topological polar surface area (TPSA) is 89.3 Å². The Morgan fingerprint density at radius 2 is 1.62 bits per heavy atom. The molecule has 154 valence electrons. The highest BCUT2D eigenvalue weighted by atomic mass is 32.2. The molecule has 0 fully saturated rings. The van der Waals surface area contributed by atoms with E-state index < -0.39 is 17.9 Å². The molecule has 7 heteroatoms. The lowest BCUT2D eigenvalue weighted by Gasteiger charge is -2.20. The molecule has 2 atom stereocenters. The van der Waals surface area contributed by atoms with Crippen LogP contribution >= 0.6 is 23.5 Å². The van der Waals surface area contributed by atoms with Crippen molar-refractivity contribution in [2.75, 3.05) is 17.8 Å². The lowest BCUT2D eigenvalue weighted by molar-refractivity contribution is -0.129. The summed E-state index contributed by atoms with van der Waals surface area (Å²) < 4.78 is 0. The fraction of sp³-hybridized carbons (Fsp3) is 0.318. The van der Waals surface area contributed by atoms with Gasteiger partial charge in [-0.15, -0.1) is 0 Å². The van der Waals surface area contributed by atoms with E-state index in [1.165, 1.54) is 0 Å². The molecule has 0 bridgehead atoms. The third-order valence-electron chi connectivity index (χ3n) is 4.39. The van der Waals surface area contributed by atoms with E-state index in [4.69, 9.17) is 5.73 Å². The monoisotopic (exact) mass is 430 g/mol. The molecule has 0 saturated carbocycles. The summed E-state index contributed by atoms with van der Waals surface area (Å²) in [5.74, 6) is -0.210. The quantitative estimate of drug-likeness (QED) is 0.572. The Morgan fingerprint density at radius 3 is 2.21 bits per heavy atom. The van der Waals surface area contributed by atoms with Crippen molar-refractivity contribution < 1.29 is 14.4 Å². The Balaban J connectivity index is 2.08. The summed E-state index contributed by atoms with van der Waals surface area (Å²) in [6.45, 7) is 0. The molecule has 0 unspecified atom stereocenters. The van der Waals surface area contributed by atoms with E-state index in [9.17, 15) is 14.4 Å². The average Bonchev–Trinajstić information content (AvgIpc) is 2.74. The van der Waals surface area contributed by atoms with Gasteiger partial charge in [-0.3, -0.25) is 14.4 Å². The van der Waals surface area contributed by atoms with Gasteiger partial charge in [-0.2, -0.15) is 11.8 Å². The van der Waals surface area contributed by atoms with E-state index in [0.717, 1.165) is 23.1 Å². The van der Waals surface area contributed by atoms with Crippen LogP contribution < -0.4 is 11.1 Å². The summed E-state index contributed by atoms with van der Waals surface area (Å²) >= 11 is 2.71. The molecule has 0 saturated heterocycles. The number of nitrogens with two attached hydrogens (primary N) is 1. The molecule has 5 nitrogen and oxygen atoms in total. The second-order valence-corrected chi connectivity index (χ2v) is 8.57. The van der Waals surface area contributed by atoms with Crippen LogP contribution in [0.4, 0.5) is 0 Å². The summed E-state index contributed by atoms with van der Waals surface area (Å²) in [4.78, 5) is 37.1. The highest BCUT2D eigenvalue weighted by molar-refractivity contribution is 8.14. The van der Waals surface area contributed by atoms with Crippen molar-refractivity contribution in [2.45, 2.75) is 18.9 Å². The van der Waals surface area contributed by atoms with Crippen molar-refractivity contribution in [1.29, 1.82) is 0 Å². The molecule has 3 N–H and O–H groups in total. The number of rotatable bonds is 11. The van der Waals surface area contributed by atoms with E-state index in [-0.39, 0.29) is 11.0 Å². The van der Waals surface area contributed by atoms with Crippen molar-refractivity contribution in [3.63, 3.8) is 0 Å². The molecular weight excluding hydrogens is 404 g/mol. The molecule has 0 aromatic heterocycles. The summed E-state index contributed by atoms with van der Waals surface area (Å²) in [6.07, 6.45) is 2.90. The summed E-state index contributed by atoms with van der Waals surface area (Å²) in [6, 6.07) is 17.9. The van der Waals surface area contributed by atoms with Gasteiger partial charge in [0.15, 0.2) is 0 Å². The highest BCUT2D eigenvalue weighted by Gasteiger charge is 2.25. The van der Waals surface area contributed by atoms with Crippen molar-refractivity contribution in [2.24, 2.45) is 11.7 Å². The number of carbonyl (C=O) groups is 3. The molecule has 29 heavy (non-hydrogen) atoms. The number of carbonyl (C=O) groups excluding carboxylic acids is 3. The number of thioether (sulfide) groups is 2. The molecule has 2 aromatic carbocycles. The van der Waals surface area contributed by atoms with Crippen molar-refractivity contribution in [3.8, 4) is 0 Å². The van der Waals surface area contributed by atoms with Gasteiger partial charge in [0.25, 0.3) is 0 Å². The summed E-state index contributed by atoms with van der Waals surface area (Å²) in [5.41, 5.74) is 7.06. The van der Waals surface area contributed by atoms with Gasteiger partial charge in [0.05, 0.1) is 5.92 Å². The van der Waals surface area contributed by atoms with Crippen LogP contribution in [0.5, 0.6) is 0 Å². The van der Waals surface area contributed by atoms with Crippen LogP contribution in [0, 0.1) is 5.92 Å². The van der Waals surface area contributed by atoms with E-state index in [2.05, 4.69) is 5.32 Å². The van der Waals surface area contributed by atoms with Gasteiger partial charge in [0, 0.05) is 11.3 Å². The fourth-order valence-corrected chi connectivity index (χ4v) is 4.17. The molecule has 0 heterocycles. The maximum Gasteiger partial charge on any atom is 0.240 e. The minimum Gasteiger partial charge on any atom is -0.368 e. The van der Waals surface area contributed by atoms with Gasteiger partial charge in [0.1, 0.15) is 6.04 Å². The minimum absolute atomic E-state index is 0.0784. The Kier molecular flexibility index (Phi) is 9.80. The lowest BCUT2D eigenvalue weighted by Crippen LogP contribution is -2.47. The molecule has 2 aromatic rings. The molecule has 0 aliphatic rings. The third-order valence-corrected chi connectivity index (χ3v) is 6.10. The van der Waals surface area contributed by atoms with Crippen LogP contribution in [-0.4, -0.2) is 40.7 Å². The zero-order valence-corrected chi connectivity index (χ0v) is 18.0. The molecule has 0 aliphatic carbocycles.